The van der Waals surface area contributed by atoms with E-state index >= 15 is 0 Å². The average molecular weight is 357 g/mol. The van der Waals surface area contributed by atoms with E-state index in [1.165, 1.54) is 25.5 Å². The molecule has 140 valence electrons. The molecule has 4 rings (SSSR count). The Morgan fingerprint density at radius 2 is 1.96 bits per heavy atom. The molecule has 1 amide bonds. The van der Waals surface area contributed by atoms with Crippen LogP contribution in [0.2, 0.25) is 0 Å². The second-order valence-corrected chi connectivity index (χ2v) is 8.67. The van der Waals surface area contributed by atoms with E-state index in [9.17, 15) is 14.8 Å². The summed E-state index contributed by atoms with van der Waals surface area (Å²) in [6.07, 6.45) is 7.28. The standard InChI is InChI=1S/C19H28BN3O3/c1-12-6-4-5-7-22(12)14-9-15(10-14)23-16-8-13(20(25)26)11-21-17(16)19(2,3)18(23)24/h8,11-12,14-15,25-26H,4-7,9-10H2,1-3H3/t12-,14-,15+/m0/s1. The molecule has 0 bridgehead atoms. The van der Waals surface area contributed by atoms with Gasteiger partial charge < -0.3 is 14.9 Å². The highest BCUT2D eigenvalue weighted by molar-refractivity contribution is 6.58. The summed E-state index contributed by atoms with van der Waals surface area (Å²) in [7, 11) is -1.57. The van der Waals surface area contributed by atoms with Gasteiger partial charge in [-0.05, 0) is 59.1 Å². The van der Waals surface area contributed by atoms with Crippen LogP contribution in [-0.4, -0.2) is 57.6 Å². The summed E-state index contributed by atoms with van der Waals surface area (Å²) in [6, 6.07) is 3.08. The zero-order valence-corrected chi connectivity index (χ0v) is 15.9. The third kappa shape index (κ3) is 2.68. The van der Waals surface area contributed by atoms with Gasteiger partial charge in [-0.3, -0.25) is 14.7 Å². The monoisotopic (exact) mass is 357 g/mol. The van der Waals surface area contributed by atoms with E-state index in [1.54, 1.807) is 6.07 Å². The smallest absolute Gasteiger partial charge is 0.423 e. The summed E-state index contributed by atoms with van der Waals surface area (Å²) in [4.78, 5) is 22.0. The van der Waals surface area contributed by atoms with E-state index in [1.807, 2.05) is 18.7 Å². The number of rotatable bonds is 3. The Morgan fingerprint density at radius 3 is 2.62 bits per heavy atom. The van der Waals surface area contributed by atoms with Crippen LogP contribution in [0.5, 0.6) is 0 Å². The van der Waals surface area contributed by atoms with Gasteiger partial charge in [-0.1, -0.05) is 6.42 Å². The van der Waals surface area contributed by atoms with Crippen molar-refractivity contribution in [2.75, 3.05) is 11.4 Å². The normalized spacial score (nSPS) is 30.9. The Balaban J connectivity index is 1.57. The molecule has 1 aromatic heterocycles. The van der Waals surface area contributed by atoms with Crippen molar-refractivity contribution >= 4 is 24.2 Å². The fourth-order valence-electron chi connectivity index (χ4n) is 4.85. The van der Waals surface area contributed by atoms with Crippen LogP contribution in [0.1, 0.15) is 58.6 Å². The van der Waals surface area contributed by atoms with Crippen molar-refractivity contribution < 1.29 is 14.8 Å². The topological polar surface area (TPSA) is 76.9 Å². The number of hydrogen-bond donors (Lipinski definition) is 2. The molecule has 1 saturated heterocycles. The Morgan fingerprint density at radius 1 is 1.23 bits per heavy atom. The van der Waals surface area contributed by atoms with Gasteiger partial charge in [0, 0.05) is 29.8 Å². The van der Waals surface area contributed by atoms with Crippen molar-refractivity contribution in [3.63, 3.8) is 0 Å². The van der Waals surface area contributed by atoms with Crippen molar-refractivity contribution in [3.05, 3.63) is 18.0 Å². The number of pyridine rings is 1. The molecule has 0 unspecified atom stereocenters. The summed E-state index contributed by atoms with van der Waals surface area (Å²) in [6.45, 7) is 7.28. The lowest BCUT2D eigenvalue weighted by molar-refractivity contribution is -0.123. The molecule has 2 aliphatic heterocycles. The molecule has 7 heteroatoms. The lowest BCUT2D eigenvalue weighted by Crippen LogP contribution is -2.58. The molecule has 1 aromatic rings. The molecule has 2 fully saturated rings. The van der Waals surface area contributed by atoms with Crippen LogP contribution in [-0.2, 0) is 10.2 Å². The van der Waals surface area contributed by atoms with Crippen LogP contribution in [0, 0.1) is 0 Å². The van der Waals surface area contributed by atoms with Gasteiger partial charge in [0.25, 0.3) is 0 Å². The second-order valence-electron chi connectivity index (χ2n) is 8.67. The van der Waals surface area contributed by atoms with E-state index in [4.69, 9.17) is 0 Å². The predicted molar refractivity (Wildman–Crippen MR) is 101 cm³/mol. The summed E-state index contributed by atoms with van der Waals surface area (Å²) < 4.78 is 0. The van der Waals surface area contributed by atoms with Crippen LogP contribution in [0.4, 0.5) is 5.69 Å². The molecule has 0 aromatic carbocycles. The first-order chi connectivity index (χ1) is 12.3. The Bertz CT molecular complexity index is 718. The first-order valence-corrected chi connectivity index (χ1v) is 9.76. The highest BCUT2D eigenvalue weighted by Gasteiger charge is 2.51. The zero-order valence-electron chi connectivity index (χ0n) is 15.9. The lowest BCUT2D eigenvalue weighted by Gasteiger charge is -2.50. The molecular formula is C19H28BN3O3. The van der Waals surface area contributed by atoms with Gasteiger partial charge in [0.05, 0.1) is 16.8 Å². The Kier molecular flexibility index (Phi) is 4.37. The minimum absolute atomic E-state index is 0.0692. The zero-order chi connectivity index (χ0) is 18.6. The summed E-state index contributed by atoms with van der Waals surface area (Å²) in [5, 5.41) is 19.0. The minimum Gasteiger partial charge on any atom is -0.423 e. The fourth-order valence-corrected chi connectivity index (χ4v) is 4.85. The molecule has 3 aliphatic rings. The maximum Gasteiger partial charge on any atom is 0.490 e. The van der Waals surface area contributed by atoms with Crippen molar-refractivity contribution in [1.82, 2.24) is 9.88 Å². The van der Waals surface area contributed by atoms with Crippen LogP contribution < -0.4 is 10.4 Å². The number of likely N-dealkylation sites (tertiary alicyclic amines) is 1. The highest BCUT2D eigenvalue weighted by Crippen LogP contribution is 2.45. The number of anilines is 1. The number of piperidine rings is 1. The van der Waals surface area contributed by atoms with Crippen molar-refractivity contribution in [2.45, 2.75) is 76.4 Å². The van der Waals surface area contributed by atoms with Crippen molar-refractivity contribution in [3.8, 4) is 0 Å². The third-order valence-electron chi connectivity index (χ3n) is 6.57. The molecule has 1 saturated carbocycles. The molecule has 1 atom stereocenters. The van der Waals surface area contributed by atoms with Gasteiger partial charge in [0.2, 0.25) is 5.91 Å². The number of carbonyl (C=O) groups excluding carboxylic acids is 1. The molecule has 26 heavy (non-hydrogen) atoms. The van der Waals surface area contributed by atoms with Gasteiger partial charge in [-0.15, -0.1) is 0 Å². The maximum absolute atomic E-state index is 13.1. The fraction of sp³-hybridized carbons (Fsp3) is 0.684. The van der Waals surface area contributed by atoms with E-state index in [0.717, 1.165) is 30.8 Å². The summed E-state index contributed by atoms with van der Waals surface area (Å²) in [5.74, 6) is 0.0692. The number of carbonyl (C=O) groups is 1. The van der Waals surface area contributed by atoms with Gasteiger partial charge in [-0.2, -0.15) is 0 Å². The van der Waals surface area contributed by atoms with E-state index < -0.39 is 12.5 Å². The number of fused-ring (bicyclic) bond motifs is 1. The predicted octanol–water partition coefficient (Wildman–Crippen LogP) is 0.791. The maximum atomic E-state index is 13.1. The highest BCUT2D eigenvalue weighted by atomic mass is 16.4. The van der Waals surface area contributed by atoms with Crippen LogP contribution in [0.3, 0.4) is 0 Å². The molecule has 0 radical (unpaired) electrons. The van der Waals surface area contributed by atoms with Crippen molar-refractivity contribution in [2.24, 2.45) is 0 Å². The lowest BCUT2D eigenvalue weighted by atomic mass is 9.80. The van der Waals surface area contributed by atoms with Crippen LogP contribution in [0.25, 0.3) is 0 Å². The molecular weight excluding hydrogens is 329 g/mol. The Hall–Kier alpha value is -1.44. The SMILES string of the molecule is C[C@H]1CCCCN1[C@H]1C[C@@H](N2C(=O)C(C)(C)c3ncc(B(O)O)cc32)C1. The molecule has 2 N–H and O–H groups in total. The Labute approximate surface area is 155 Å². The van der Waals surface area contributed by atoms with Crippen LogP contribution >= 0.6 is 0 Å². The first-order valence-electron chi connectivity index (χ1n) is 9.76. The third-order valence-corrected chi connectivity index (χ3v) is 6.57. The minimum atomic E-state index is -1.57. The van der Waals surface area contributed by atoms with Gasteiger partial charge in [-0.25, -0.2) is 0 Å². The number of aromatic nitrogens is 1. The number of nitrogens with zero attached hydrogens (tertiary/aromatic N) is 3. The van der Waals surface area contributed by atoms with Crippen LogP contribution in [0.15, 0.2) is 12.3 Å². The van der Waals surface area contributed by atoms with E-state index in [0.29, 0.717) is 17.5 Å². The molecule has 0 spiro atoms. The summed E-state index contributed by atoms with van der Waals surface area (Å²) >= 11 is 0. The van der Waals surface area contributed by atoms with E-state index in [-0.39, 0.29) is 11.9 Å². The second kappa shape index (κ2) is 6.32. The molecule has 3 heterocycles. The molecule has 6 nitrogen and oxygen atoms in total. The number of amides is 1. The largest absolute Gasteiger partial charge is 0.490 e. The van der Waals surface area contributed by atoms with Crippen molar-refractivity contribution in [1.29, 1.82) is 0 Å². The van der Waals surface area contributed by atoms with Gasteiger partial charge in [0.1, 0.15) is 0 Å². The molecule has 1 aliphatic carbocycles. The average Bonchev–Trinajstić information content (AvgIpc) is 2.75. The van der Waals surface area contributed by atoms with E-state index in [2.05, 4.69) is 16.8 Å². The van der Waals surface area contributed by atoms with Gasteiger partial charge >= 0.3 is 7.12 Å². The first kappa shape index (κ1) is 18.0. The summed E-state index contributed by atoms with van der Waals surface area (Å²) in [5.41, 5.74) is 1.15. The number of hydrogen-bond acceptors (Lipinski definition) is 5. The van der Waals surface area contributed by atoms with Gasteiger partial charge in [0.15, 0.2) is 0 Å². The quantitative estimate of drug-likeness (QED) is 0.783.